The van der Waals surface area contributed by atoms with Gasteiger partial charge in [0.2, 0.25) is 11.6 Å². The molecule has 0 unspecified atom stereocenters. The van der Waals surface area contributed by atoms with Crippen molar-refractivity contribution in [2.75, 3.05) is 35.3 Å². The van der Waals surface area contributed by atoms with Crippen LogP contribution in [0.15, 0.2) is 147 Å². The highest BCUT2D eigenvalue weighted by atomic mass is 15.4. The number of rotatable bonds is 10. The first-order valence-corrected chi connectivity index (χ1v) is 17.4. The zero-order valence-corrected chi connectivity index (χ0v) is 31.4. The van der Waals surface area contributed by atoms with Gasteiger partial charge in [-0.15, -0.1) is 5.10 Å². The van der Waals surface area contributed by atoms with E-state index >= 15 is 0 Å². The summed E-state index contributed by atoms with van der Waals surface area (Å²) in [5.74, 6) is 1.87. The highest BCUT2D eigenvalue weighted by Crippen LogP contribution is 2.21. The molecule has 0 radical (unpaired) electrons. The topological polar surface area (TPSA) is 158 Å². The van der Waals surface area contributed by atoms with E-state index < -0.39 is 0 Å². The summed E-state index contributed by atoms with van der Waals surface area (Å²) in [5.41, 5.74) is 16.7. The molecular weight excluding hydrogens is 693 g/mol. The third-order valence-corrected chi connectivity index (χ3v) is 8.34. The van der Waals surface area contributed by atoms with Crippen molar-refractivity contribution in [2.45, 2.75) is 0 Å². The molecule has 2 aromatic carbocycles. The van der Waals surface area contributed by atoms with E-state index in [0.29, 0.717) is 17.4 Å². The van der Waals surface area contributed by atoms with Crippen LogP contribution in [0.5, 0.6) is 0 Å². The highest BCUT2D eigenvalue weighted by molar-refractivity contribution is 6.20. The fourth-order valence-electron chi connectivity index (χ4n) is 5.35. The lowest BCUT2D eigenvalue weighted by atomic mass is 10.1. The molecule has 5 aromatic rings. The van der Waals surface area contributed by atoms with E-state index in [-0.39, 0.29) is 11.9 Å². The molecule has 0 amide bonds. The average molecular weight is 734 g/mol. The Kier molecular flexibility index (Phi) is 10.5. The molecule has 0 fully saturated rings. The lowest BCUT2D eigenvalue weighted by Crippen LogP contribution is -2.32. The molecule has 0 spiro atoms. The Bertz CT molecular complexity index is 2440. The molecule has 0 aliphatic heterocycles. The molecular formula is C39H41N16+. The molecule has 0 atom stereocenters. The van der Waals surface area contributed by atoms with Gasteiger partial charge in [-0.1, -0.05) is 0 Å². The summed E-state index contributed by atoms with van der Waals surface area (Å²) in [7, 11) is 11.6. The van der Waals surface area contributed by atoms with Gasteiger partial charge in [-0.25, -0.2) is 29.1 Å². The Morgan fingerprint density at radius 1 is 0.564 bits per heavy atom. The van der Waals surface area contributed by atoms with Gasteiger partial charge in [0.15, 0.2) is 0 Å². The zero-order valence-electron chi connectivity index (χ0n) is 31.4. The fourth-order valence-corrected chi connectivity index (χ4v) is 5.35. The van der Waals surface area contributed by atoms with Gasteiger partial charge < -0.3 is 14.0 Å². The van der Waals surface area contributed by atoms with Crippen molar-refractivity contribution in [3.8, 4) is 0 Å². The van der Waals surface area contributed by atoms with Crippen LogP contribution in [0.25, 0.3) is 0 Å². The predicted molar refractivity (Wildman–Crippen MR) is 219 cm³/mol. The SMILES string of the molecule is CN(C)c1nc(N=C2C=CC(=Nc3ccc(NN=c4n(C)ccn4C)cc3)C=C2)nc(N=C2C=CC(=Nc3ccc(NNc4n(C)cc[n+]4C)cc3)C=C2)n1. The van der Waals surface area contributed by atoms with Gasteiger partial charge in [0, 0.05) is 40.6 Å². The normalized spacial score (nSPS) is 13.2. The average Bonchev–Trinajstić information content (AvgIpc) is 3.69. The van der Waals surface area contributed by atoms with Crippen LogP contribution in [0.3, 0.4) is 0 Å². The van der Waals surface area contributed by atoms with E-state index in [0.717, 1.165) is 45.7 Å². The molecule has 3 aromatic heterocycles. The quantitative estimate of drug-likeness (QED) is 0.103. The summed E-state index contributed by atoms with van der Waals surface area (Å²) in [5, 5.41) is 4.47. The Labute approximate surface area is 318 Å². The van der Waals surface area contributed by atoms with Crippen molar-refractivity contribution in [2.24, 2.45) is 53.3 Å². The summed E-state index contributed by atoms with van der Waals surface area (Å²) in [6.07, 6.45) is 23.0. The summed E-state index contributed by atoms with van der Waals surface area (Å²) in [6, 6.07) is 15.6. The molecule has 55 heavy (non-hydrogen) atoms. The van der Waals surface area contributed by atoms with Crippen molar-refractivity contribution >= 4 is 69.4 Å². The van der Waals surface area contributed by atoms with Crippen LogP contribution in [0.2, 0.25) is 0 Å². The van der Waals surface area contributed by atoms with E-state index in [2.05, 4.69) is 46.3 Å². The number of nitrogens with zero attached hydrogens (tertiary/aromatic N) is 13. The van der Waals surface area contributed by atoms with Crippen molar-refractivity contribution in [1.82, 2.24) is 28.7 Å². The van der Waals surface area contributed by atoms with Crippen molar-refractivity contribution in [3.63, 3.8) is 0 Å². The number of hydrogen-bond donors (Lipinski definition) is 3. The number of benzene rings is 2. The first-order valence-electron chi connectivity index (χ1n) is 17.4. The summed E-state index contributed by atoms with van der Waals surface area (Å²) in [6.45, 7) is 0. The van der Waals surface area contributed by atoms with Gasteiger partial charge >= 0.3 is 5.95 Å². The smallest absolute Gasteiger partial charge is 0.347 e. The molecule has 0 saturated carbocycles. The zero-order chi connectivity index (χ0) is 38.3. The molecule has 0 saturated heterocycles. The number of nitrogens with one attached hydrogen (secondary N) is 3. The van der Waals surface area contributed by atoms with Gasteiger partial charge in [0.05, 0.1) is 72.1 Å². The van der Waals surface area contributed by atoms with E-state index in [9.17, 15) is 0 Å². The maximum atomic E-state index is 4.74. The number of aromatic nitrogens is 7. The minimum atomic E-state index is 0.247. The number of aryl methyl sites for hydroxylation is 4. The molecule has 16 heteroatoms. The Balaban J connectivity index is 0.985. The largest absolute Gasteiger partial charge is 0.378 e. The molecule has 16 nitrogen and oxygen atoms in total. The number of imidazole rings is 2. The van der Waals surface area contributed by atoms with Crippen LogP contribution < -0.4 is 31.4 Å². The summed E-state index contributed by atoms with van der Waals surface area (Å²) >= 11 is 0. The van der Waals surface area contributed by atoms with Gasteiger partial charge in [-0.2, -0.15) is 20.4 Å². The molecule has 3 N–H and O–H groups in total. The number of hydrogen-bond acceptors (Lipinski definition) is 12. The van der Waals surface area contributed by atoms with Crippen LogP contribution in [0.4, 0.5) is 46.5 Å². The number of hydrazine groups is 1. The van der Waals surface area contributed by atoms with Crippen molar-refractivity contribution in [1.29, 1.82) is 0 Å². The van der Waals surface area contributed by atoms with Gasteiger partial charge in [0.1, 0.15) is 0 Å². The van der Waals surface area contributed by atoms with Gasteiger partial charge in [-0.05, 0) is 97.1 Å². The lowest BCUT2D eigenvalue weighted by molar-refractivity contribution is -0.656. The van der Waals surface area contributed by atoms with E-state index in [4.69, 9.17) is 9.98 Å². The Hall–Kier alpha value is -7.49. The maximum absolute atomic E-state index is 4.74. The van der Waals surface area contributed by atoms with Crippen LogP contribution in [-0.2, 0) is 28.2 Å². The van der Waals surface area contributed by atoms with Crippen LogP contribution in [0, 0.1) is 0 Å². The summed E-state index contributed by atoms with van der Waals surface area (Å²) in [4.78, 5) is 34.2. The number of allylic oxidation sites excluding steroid dienone is 8. The minimum Gasteiger partial charge on any atom is -0.347 e. The Morgan fingerprint density at radius 3 is 1.49 bits per heavy atom. The highest BCUT2D eigenvalue weighted by Gasteiger charge is 2.12. The van der Waals surface area contributed by atoms with E-state index in [1.54, 1.807) is 4.90 Å². The van der Waals surface area contributed by atoms with Gasteiger partial charge in [-0.3, -0.25) is 10.9 Å². The third-order valence-electron chi connectivity index (χ3n) is 8.34. The van der Waals surface area contributed by atoms with Crippen LogP contribution in [0.1, 0.15) is 0 Å². The molecule has 0 bridgehead atoms. The van der Waals surface area contributed by atoms with E-state index in [1.165, 1.54) is 0 Å². The second-order valence-electron chi connectivity index (χ2n) is 12.8. The number of anilines is 4. The molecule has 3 heterocycles. The Morgan fingerprint density at radius 2 is 1.04 bits per heavy atom. The van der Waals surface area contributed by atoms with Crippen molar-refractivity contribution < 1.29 is 4.57 Å². The molecule has 2 aliphatic carbocycles. The monoisotopic (exact) mass is 733 g/mol. The second-order valence-corrected chi connectivity index (χ2v) is 12.8. The minimum absolute atomic E-state index is 0.247. The molecule has 276 valence electrons. The second kappa shape index (κ2) is 16.0. The van der Waals surface area contributed by atoms with Crippen LogP contribution in [-0.4, -0.2) is 65.6 Å². The predicted octanol–water partition coefficient (Wildman–Crippen LogP) is 5.09. The summed E-state index contributed by atoms with van der Waals surface area (Å²) < 4.78 is 7.86. The molecule has 7 rings (SSSR count). The van der Waals surface area contributed by atoms with Crippen molar-refractivity contribution in [3.05, 3.63) is 128 Å². The lowest BCUT2D eigenvalue weighted by Gasteiger charge is -2.11. The van der Waals surface area contributed by atoms with Crippen LogP contribution >= 0.6 is 0 Å². The van der Waals surface area contributed by atoms with E-state index in [1.807, 2.05) is 182 Å². The first kappa shape index (κ1) is 35.9. The number of aliphatic imine (C=N–C) groups is 4. The first-order chi connectivity index (χ1) is 26.6. The molecule has 2 aliphatic rings. The standard InChI is InChI=1S/C39H40N16/c1-51(2)37-45-35(42-31-11-7-27(8-12-31)40-29-15-19-33(20-16-29)47-49-38-52(3)23-24-53(38)4)44-36(46-37)43-32-13-9-28(10-14-32)41-30-17-21-34(22-18-30)48-50-39-54(5)25-26-55(39)6/h7-26H,1-6H3,(H2,42,43,44,45,46,47,48)/p+1. The third kappa shape index (κ3) is 9.12. The van der Waals surface area contributed by atoms with Gasteiger partial charge in [0.25, 0.3) is 11.9 Å². The maximum Gasteiger partial charge on any atom is 0.378 e. The fraction of sp³-hybridized carbons (Fsp3) is 0.154.